The Kier molecular flexibility index (Phi) is 4.34. The Bertz CT molecular complexity index is 518. The second kappa shape index (κ2) is 6.19. The first-order chi connectivity index (χ1) is 8.81. The molecule has 1 aromatic carbocycles. The van der Waals surface area contributed by atoms with Crippen LogP contribution in [0.4, 0.5) is 0 Å². The van der Waals surface area contributed by atoms with Crippen LogP contribution in [0.25, 0.3) is 10.9 Å². The number of hydrogen-bond donors (Lipinski definition) is 2. The monoisotopic (exact) mass is 245 g/mol. The molecule has 0 saturated heterocycles. The smallest absolute Gasteiger partial charge is 0.251 e. The van der Waals surface area contributed by atoms with E-state index in [1.807, 2.05) is 18.2 Å². The van der Waals surface area contributed by atoms with Gasteiger partial charge in [-0.2, -0.15) is 5.10 Å². The van der Waals surface area contributed by atoms with E-state index in [0.29, 0.717) is 5.56 Å². The number of amides is 1. The van der Waals surface area contributed by atoms with Gasteiger partial charge in [-0.15, -0.1) is 0 Å². The van der Waals surface area contributed by atoms with Crippen molar-refractivity contribution in [1.82, 2.24) is 15.5 Å². The van der Waals surface area contributed by atoms with E-state index in [2.05, 4.69) is 22.4 Å². The molecule has 0 fully saturated rings. The molecule has 1 amide bonds. The quantitative estimate of drug-likeness (QED) is 0.769. The van der Waals surface area contributed by atoms with Crippen molar-refractivity contribution in [3.05, 3.63) is 30.0 Å². The van der Waals surface area contributed by atoms with E-state index in [1.165, 1.54) is 19.3 Å². The first kappa shape index (κ1) is 12.6. The minimum atomic E-state index is -0.00500. The summed E-state index contributed by atoms with van der Waals surface area (Å²) in [4.78, 5) is 11.9. The fourth-order valence-corrected chi connectivity index (χ4v) is 1.94. The number of nitrogens with zero attached hydrogens (tertiary/aromatic N) is 1. The molecule has 0 unspecified atom stereocenters. The molecular formula is C14H19N3O. The van der Waals surface area contributed by atoms with E-state index in [1.54, 1.807) is 6.20 Å². The van der Waals surface area contributed by atoms with E-state index in [9.17, 15) is 4.79 Å². The van der Waals surface area contributed by atoms with Crippen molar-refractivity contribution in [2.75, 3.05) is 6.54 Å². The molecule has 0 saturated carbocycles. The largest absolute Gasteiger partial charge is 0.352 e. The number of aromatic amines is 1. The number of nitrogens with one attached hydrogen (secondary N) is 2. The number of aromatic nitrogens is 2. The van der Waals surface area contributed by atoms with Crippen LogP contribution in [0.1, 0.15) is 43.0 Å². The molecule has 1 aromatic heterocycles. The molecule has 0 aliphatic heterocycles. The van der Waals surface area contributed by atoms with Crippen molar-refractivity contribution < 1.29 is 4.79 Å². The minimum absolute atomic E-state index is 0.00500. The van der Waals surface area contributed by atoms with Crippen LogP contribution in [0.3, 0.4) is 0 Å². The van der Waals surface area contributed by atoms with Gasteiger partial charge in [0.2, 0.25) is 0 Å². The molecule has 0 bridgehead atoms. The van der Waals surface area contributed by atoms with Crippen LogP contribution in [-0.4, -0.2) is 22.6 Å². The maximum Gasteiger partial charge on any atom is 0.251 e. The summed E-state index contributed by atoms with van der Waals surface area (Å²) in [5.41, 5.74) is 1.65. The van der Waals surface area contributed by atoms with Crippen molar-refractivity contribution in [1.29, 1.82) is 0 Å². The van der Waals surface area contributed by atoms with Crippen molar-refractivity contribution in [2.24, 2.45) is 0 Å². The van der Waals surface area contributed by atoms with Gasteiger partial charge in [-0.3, -0.25) is 9.89 Å². The Balaban J connectivity index is 1.88. The molecule has 2 N–H and O–H groups in total. The molecular weight excluding hydrogens is 226 g/mol. The highest BCUT2D eigenvalue weighted by Gasteiger charge is 2.06. The molecule has 96 valence electrons. The lowest BCUT2D eigenvalue weighted by atomic mass is 10.1. The molecule has 0 atom stereocenters. The number of fused-ring (bicyclic) bond motifs is 1. The first-order valence-electron chi connectivity index (χ1n) is 6.52. The van der Waals surface area contributed by atoms with E-state index in [-0.39, 0.29) is 5.91 Å². The Hall–Kier alpha value is -1.84. The van der Waals surface area contributed by atoms with Crippen LogP contribution >= 0.6 is 0 Å². The standard InChI is InChI=1S/C14H19N3O/c1-2-3-4-5-8-15-14(18)11-6-7-13-12(9-11)10-16-17-13/h6-7,9-10H,2-5,8H2,1H3,(H,15,18)(H,16,17). The molecule has 1 heterocycles. The molecule has 4 nitrogen and oxygen atoms in total. The molecule has 0 aliphatic rings. The second-order valence-electron chi connectivity index (χ2n) is 4.49. The molecule has 2 rings (SSSR count). The maximum absolute atomic E-state index is 11.9. The molecule has 0 aliphatic carbocycles. The highest BCUT2D eigenvalue weighted by atomic mass is 16.1. The third-order valence-corrected chi connectivity index (χ3v) is 3.02. The number of unbranched alkanes of at least 4 members (excludes halogenated alkanes) is 3. The van der Waals surface area contributed by atoms with Crippen LogP contribution in [0, 0.1) is 0 Å². The zero-order valence-electron chi connectivity index (χ0n) is 10.7. The lowest BCUT2D eigenvalue weighted by Crippen LogP contribution is -2.24. The Morgan fingerprint density at radius 1 is 1.33 bits per heavy atom. The third kappa shape index (κ3) is 3.09. The van der Waals surface area contributed by atoms with Crippen molar-refractivity contribution >= 4 is 16.8 Å². The summed E-state index contributed by atoms with van der Waals surface area (Å²) in [6.07, 6.45) is 6.40. The average Bonchev–Trinajstić information content (AvgIpc) is 2.85. The maximum atomic E-state index is 11.9. The molecule has 2 aromatic rings. The summed E-state index contributed by atoms with van der Waals surface area (Å²) in [5.74, 6) is -0.00500. The zero-order valence-corrected chi connectivity index (χ0v) is 10.7. The number of carbonyl (C=O) groups is 1. The highest BCUT2D eigenvalue weighted by molar-refractivity contribution is 5.97. The molecule has 0 spiro atoms. The summed E-state index contributed by atoms with van der Waals surface area (Å²) in [6, 6.07) is 5.57. The summed E-state index contributed by atoms with van der Waals surface area (Å²) >= 11 is 0. The Labute approximate surface area is 107 Å². The topological polar surface area (TPSA) is 57.8 Å². The molecule has 18 heavy (non-hydrogen) atoms. The minimum Gasteiger partial charge on any atom is -0.352 e. The van der Waals surface area contributed by atoms with Gasteiger partial charge >= 0.3 is 0 Å². The number of benzene rings is 1. The van der Waals surface area contributed by atoms with E-state index in [4.69, 9.17) is 0 Å². The van der Waals surface area contributed by atoms with Gasteiger partial charge in [-0.25, -0.2) is 0 Å². The number of carbonyl (C=O) groups excluding carboxylic acids is 1. The van der Waals surface area contributed by atoms with Crippen LogP contribution in [0.2, 0.25) is 0 Å². The fourth-order valence-electron chi connectivity index (χ4n) is 1.94. The zero-order chi connectivity index (χ0) is 12.8. The lowest BCUT2D eigenvalue weighted by molar-refractivity contribution is 0.0953. The number of H-pyrrole nitrogens is 1. The van der Waals surface area contributed by atoms with Crippen LogP contribution in [0.5, 0.6) is 0 Å². The summed E-state index contributed by atoms with van der Waals surface area (Å²) in [7, 11) is 0. The predicted molar refractivity (Wildman–Crippen MR) is 72.6 cm³/mol. The first-order valence-corrected chi connectivity index (χ1v) is 6.52. The SMILES string of the molecule is CCCCCCNC(=O)c1ccc2[nH]ncc2c1. The van der Waals surface area contributed by atoms with E-state index >= 15 is 0 Å². The van der Waals surface area contributed by atoms with E-state index < -0.39 is 0 Å². The average molecular weight is 245 g/mol. The van der Waals surface area contributed by atoms with Crippen molar-refractivity contribution in [3.8, 4) is 0 Å². The highest BCUT2D eigenvalue weighted by Crippen LogP contribution is 2.12. The number of rotatable bonds is 6. The Morgan fingerprint density at radius 3 is 3.06 bits per heavy atom. The third-order valence-electron chi connectivity index (χ3n) is 3.02. The van der Waals surface area contributed by atoms with Gasteiger partial charge in [0.15, 0.2) is 0 Å². The van der Waals surface area contributed by atoms with Gasteiger partial charge < -0.3 is 5.32 Å². The van der Waals surface area contributed by atoms with Gasteiger partial charge in [0, 0.05) is 17.5 Å². The predicted octanol–water partition coefficient (Wildman–Crippen LogP) is 2.87. The summed E-state index contributed by atoms with van der Waals surface area (Å²) in [5, 5.41) is 10.7. The lowest BCUT2D eigenvalue weighted by Gasteiger charge is -2.05. The number of hydrogen-bond acceptors (Lipinski definition) is 2. The molecule has 4 heteroatoms. The van der Waals surface area contributed by atoms with Crippen molar-refractivity contribution in [2.45, 2.75) is 32.6 Å². The van der Waals surface area contributed by atoms with Gasteiger partial charge in [-0.05, 0) is 24.6 Å². The van der Waals surface area contributed by atoms with Gasteiger partial charge in [-0.1, -0.05) is 26.2 Å². The van der Waals surface area contributed by atoms with Gasteiger partial charge in [0.1, 0.15) is 0 Å². The summed E-state index contributed by atoms with van der Waals surface area (Å²) in [6.45, 7) is 2.93. The fraction of sp³-hybridized carbons (Fsp3) is 0.429. The molecule has 0 radical (unpaired) electrons. The second-order valence-corrected chi connectivity index (χ2v) is 4.49. The van der Waals surface area contributed by atoms with Crippen LogP contribution in [-0.2, 0) is 0 Å². The van der Waals surface area contributed by atoms with Crippen molar-refractivity contribution in [3.63, 3.8) is 0 Å². The van der Waals surface area contributed by atoms with Crippen LogP contribution in [0.15, 0.2) is 24.4 Å². The van der Waals surface area contributed by atoms with Gasteiger partial charge in [0.05, 0.1) is 11.7 Å². The summed E-state index contributed by atoms with van der Waals surface area (Å²) < 4.78 is 0. The Morgan fingerprint density at radius 2 is 2.22 bits per heavy atom. The van der Waals surface area contributed by atoms with Gasteiger partial charge in [0.25, 0.3) is 5.91 Å². The van der Waals surface area contributed by atoms with Crippen LogP contribution < -0.4 is 5.32 Å². The van der Waals surface area contributed by atoms with E-state index in [0.717, 1.165) is 23.9 Å². The normalized spacial score (nSPS) is 10.7.